The number of nitrogens with one attached hydrogen (secondary N) is 1. The molecule has 0 unspecified atom stereocenters. The van der Waals surface area contributed by atoms with E-state index in [-0.39, 0.29) is 12.5 Å². The Morgan fingerprint density at radius 1 is 1.39 bits per heavy atom. The molecule has 0 radical (unpaired) electrons. The van der Waals surface area contributed by atoms with Crippen LogP contribution in [0.3, 0.4) is 0 Å². The van der Waals surface area contributed by atoms with Crippen molar-refractivity contribution in [2.24, 2.45) is 0 Å². The van der Waals surface area contributed by atoms with E-state index in [9.17, 15) is 14.7 Å². The molecule has 1 aromatic rings. The SMILES string of the molecule is O=C([O-])C[NH+]1CCN(C(=O)c2cccnc2)CC1. The van der Waals surface area contributed by atoms with Crippen molar-refractivity contribution >= 4 is 11.9 Å². The van der Waals surface area contributed by atoms with Crippen LogP contribution < -0.4 is 10.0 Å². The second-order valence-electron chi connectivity index (χ2n) is 4.33. The lowest BCUT2D eigenvalue weighted by atomic mass is 10.2. The van der Waals surface area contributed by atoms with Crippen LogP contribution in [0.25, 0.3) is 0 Å². The van der Waals surface area contributed by atoms with E-state index in [0.29, 0.717) is 31.7 Å². The Kier molecular flexibility index (Phi) is 3.88. The molecule has 6 nitrogen and oxygen atoms in total. The Balaban J connectivity index is 1.90. The third-order valence-corrected chi connectivity index (χ3v) is 3.06. The molecule has 1 amide bonds. The van der Waals surface area contributed by atoms with Crippen LogP contribution in [0.15, 0.2) is 24.5 Å². The lowest BCUT2D eigenvalue weighted by Crippen LogP contribution is -3.16. The van der Waals surface area contributed by atoms with E-state index in [0.717, 1.165) is 4.90 Å². The van der Waals surface area contributed by atoms with Crippen LogP contribution >= 0.6 is 0 Å². The maximum absolute atomic E-state index is 12.1. The van der Waals surface area contributed by atoms with Gasteiger partial charge in [0.1, 0.15) is 6.54 Å². The largest absolute Gasteiger partial charge is 0.544 e. The smallest absolute Gasteiger partial charge is 0.255 e. The molecule has 1 aromatic heterocycles. The third kappa shape index (κ3) is 3.04. The fraction of sp³-hybridized carbons (Fsp3) is 0.417. The van der Waals surface area contributed by atoms with Gasteiger partial charge in [-0.05, 0) is 12.1 Å². The van der Waals surface area contributed by atoms with Crippen molar-refractivity contribution in [3.05, 3.63) is 30.1 Å². The molecule has 0 aliphatic carbocycles. The summed E-state index contributed by atoms with van der Waals surface area (Å²) in [5.41, 5.74) is 0.570. The van der Waals surface area contributed by atoms with Gasteiger partial charge in [0.25, 0.3) is 5.91 Å². The zero-order valence-electron chi connectivity index (χ0n) is 9.96. The molecule has 6 heteroatoms. The van der Waals surface area contributed by atoms with Crippen molar-refractivity contribution in [1.29, 1.82) is 0 Å². The molecule has 1 aliphatic heterocycles. The Morgan fingerprint density at radius 2 is 2.11 bits per heavy atom. The number of pyridine rings is 1. The minimum atomic E-state index is -1.04. The van der Waals surface area contributed by atoms with Crippen LogP contribution in [0.4, 0.5) is 0 Å². The molecule has 0 bridgehead atoms. The highest BCUT2D eigenvalue weighted by Crippen LogP contribution is 2.02. The van der Waals surface area contributed by atoms with E-state index < -0.39 is 5.97 Å². The van der Waals surface area contributed by atoms with E-state index in [1.807, 2.05) is 0 Å². The number of hydrogen-bond acceptors (Lipinski definition) is 4. The Morgan fingerprint density at radius 3 is 2.67 bits per heavy atom. The number of piperazine rings is 1. The first kappa shape index (κ1) is 12.5. The van der Waals surface area contributed by atoms with E-state index in [1.165, 1.54) is 0 Å². The van der Waals surface area contributed by atoms with Gasteiger partial charge in [0.05, 0.1) is 37.7 Å². The van der Waals surface area contributed by atoms with Gasteiger partial charge in [-0.3, -0.25) is 9.78 Å². The summed E-state index contributed by atoms with van der Waals surface area (Å²) in [4.78, 5) is 29.2. The van der Waals surface area contributed by atoms with E-state index in [1.54, 1.807) is 29.4 Å². The van der Waals surface area contributed by atoms with Gasteiger partial charge in [-0.25, -0.2) is 0 Å². The molecule has 1 aliphatic rings. The molecule has 2 heterocycles. The molecule has 18 heavy (non-hydrogen) atoms. The highest BCUT2D eigenvalue weighted by molar-refractivity contribution is 5.93. The predicted octanol–water partition coefficient (Wildman–Crippen LogP) is -2.83. The molecule has 0 spiro atoms. The average Bonchev–Trinajstić information content (AvgIpc) is 2.39. The molecule has 0 atom stereocenters. The number of nitrogens with zero attached hydrogens (tertiary/aromatic N) is 2. The van der Waals surface area contributed by atoms with Crippen molar-refractivity contribution in [2.45, 2.75) is 0 Å². The zero-order chi connectivity index (χ0) is 13.0. The molecule has 0 aromatic carbocycles. The Bertz CT molecular complexity index is 427. The second-order valence-corrected chi connectivity index (χ2v) is 4.33. The van der Waals surface area contributed by atoms with Gasteiger partial charge in [0, 0.05) is 12.4 Å². The van der Waals surface area contributed by atoms with Crippen molar-refractivity contribution in [2.75, 3.05) is 32.7 Å². The fourth-order valence-electron chi connectivity index (χ4n) is 2.08. The van der Waals surface area contributed by atoms with E-state index >= 15 is 0 Å². The molecule has 0 saturated carbocycles. The van der Waals surface area contributed by atoms with Crippen LogP contribution in [-0.2, 0) is 4.79 Å². The summed E-state index contributed by atoms with van der Waals surface area (Å²) >= 11 is 0. The number of carboxylic acids is 1. The summed E-state index contributed by atoms with van der Waals surface area (Å²) in [6, 6.07) is 3.46. The number of carbonyl (C=O) groups is 2. The van der Waals surface area contributed by atoms with Crippen molar-refractivity contribution in [3.63, 3.8) is 0 Å². The fourth-order valence-corrected chi connectivity index (χ4v) is 2.08. The summed E-state index contributed by atoms with van der Waals surface area (Å²) in [6.45, 7) is 2.42. The van der Waals surface area contributed by atoms with Gasteiger partial charge < -0.3 is 19.7 Å². The van der Waals surface area contributed by atoms with E-state index in [4.69, 9.17) is 0 Å². The molecular weight excluding hydrogens is 234 g/mol. The standard InChI is InChI=1S/C12H15N3O3/c16-11(17)9-14-4-6-15(7-5-14)12(18)10-2-1-3-13-8-10/h1-3,8H,4-7,9H2,(H,16,17). The Hall–Kier alpha value is -1.95. The Labute approximate surface area is 105 Å². The normalized spacial score (nSPS) is 16.6. The number of rotatable bonds is 3. The number of aromatic nitrogens is 1. The highest BCUT2D eigenvalue weighted by Gasteiger charge is 2.24. The zero-order valence-corrected chi connectivity index (χ0v) is 9.96. The van der Waals surface area contributed by atoms with Gasteiger partial charge in [0.2, 0.25) is 0 Å². The monoisotopic (exact) mass is 249 g/mol. The lowest BCUT2D eigenvalue weighted by Gasteiger charge is -2.32. The number of quaternary nitrogens is 1. The molecule has 1 saturated heterocycles. The summed E-state index contributed by atoms with van der Waals surface area (Å²) in [7, 11) is 0. The summed E-state index contributed by atoms with van der Waals surface area (Å²) in [5.74, 6) is -1.09. The topological polar surface area (TPSA) is 77.8 Å². The van der Waals surface area contributed by atoms with Gasteiger partial charge in [-0.2, -0.15) is 0 Å². The quantitative estimate of drug-likeness (QED) is 0.626. The number of carboxylic acid groups (broad SMARTS) is 1. The molecule has 2 rings (SSSR count). The van der Waals surface area contributed by atoms with Crippen molar-refractivity contribution in [1.82, 2.24) is 9.88 Å². The first-order valence-corrected chi connectivity index (χ1v) is 5.89. The van der Waals surface area contributed by atoms with Gasteiger partial charge in [-0.15, -0.1) is 0 Å². The van der Waals surface area contributed by atoms with Gasteiger partial charge >= 0.3 is 0 Å². The number of amides is 1. The molecule has 1 N–H and O–H groups in total. The first-order valence-electron chi connectivity index (χ1n) is 5.89. The van der Waals surface area contributed by atoms with E-state index in [2.05, 4.69) is 4.98 Å². The van der Waals surface area contributed by atoms with Crippen LogP contribution in [0.1, 0.15) is 10.4 Å². The van der Waals surface area contributed by atoms with Gasteiger partial charge in [0.15, 0.2) is 0 Å². The third-order valence-electron chi connectivity index (χ3n) is 3.06. The average molecular weight is 249 g/mol. The minimum Gasteiger partial charge on any atom is -0.544 e. The summed E-state index contributed by atoms with van der Waals surface area (Å²) in [5, 5.41) is 10.5. The van der Waals surface area contributed by atoms with Crippen molar-refractivity contribution in [3.8, 4) is 0 Å². The number of hydrogen-bond donors (Lipinski definition) is 1. The first-order chi connectivity index (χ1) is 8.66. The van der Waals surface area contributed by atoms with Crippen LogP contribution in [0.5, 0.6) is 0 Å². The molecular formula is C12H15N3O3. The molecule has 96 valence electrons. The summed E-state index contributed by atoms with van der Waals surface area (Å²) < 4.78 is 0. The van der Waals surface area contributed by atoms with Crippen molar-refractivity contribution < 1.29 is 19.6 Å². The number of carbonyl (C=O) groups excluding carboxylic acids is 2. The number of aliphatic carboxylic acids is 1. The maximum Gasteiger partial charge on any atom is 0.255 e. The van der Waals surface area contributed by atoms with Crippen LogP contribution in [0, 0.1) is 0 Å². The summed E-state index contributed by atoms with van der Waals surface area (Å²) in [6.07, 6.45) is 3.17. The second kappa shape index (κ2) is 5.59. The van der Waals surface area contributed by atoms with Crippen LogP contribution in [0.2, 0.25) is 0 Å². The van der Waals surface area contributed by atoms with Gasteiger partial charge in [-0.1, -0.05) is 0 Å². The van der Waals surface area contributed by atoms with Crippen LogP contribution in [-0.4, -0.2) is 54.5 Å². The maximum atomic E-state index is 12.1. The minimum absolute atomic E-state index is 0.00885. The molecule has 1 fully saturated rings. The predicted molar refractivity (Wildman–Crippen MR) is 60.7 cm³/mol. The highest BCUT2D eigenvalue weighted by atomic mass is 16.4. The lowest BCUT2D eigenvalue weighted by molar-refractivity contribution is -0.898.